The Bertz CT molecular complexity index is 590. The second-order valence-electron chi connectivity index (χ2n) is 3.49. The fourth-order valence-corrected chi connectivity index (χ4v) is 1.32. The summed E-state index contributed by atoms with van der Waals surface area (Å²) in [6, 6.07) is 4.16. The number of carbonyl (C=O) groups excluding carboxylic acids is 1. The van der Waals surface area contributed by atoms with E-state index in [0.29, 0.717) is 5.56 Å². The summed E-state index contributed by atoms with van der Waals surface area (Å²) in [6.45, 7) is 0. The number of aromatic nitrogens is 2. The number of rotatable bonds is 2. The first-order valence-corrected chi connectivity index (χ1v) is 5.01. The van der Waals surface area contributed by atoms with E-state index in [1.54, 1.807) is 0 Å². The van der Waals surface area contributed by atoms with Crippen LogP contribution in [0.25, 0.3) is 11.4 Å². The van der Waals surface area contributed by atoms with Crippen molar-refractivity contribution in [2.75, 3.05) is 7.11 Å². The third kappa shape index (κ3) is 2.72. The second kappa shape index (κ2) is 4.71. The van der Waals surface area contributed by atoms with Gasteiger partial charge in [0.2, 0.25) is 5.82 Å². The lowest BCUT2D eigenvalue weighted by Gasteiger charge is -2.05. The maximum Gasteiger partial charge on any atom is 0.416 e. The summed E-state index contributed by atoms with van der Waals surface area (Å²) in [4.78, 5) is 14.8. The van der Waals surface area contributed by atoms with Crippen LogP contribution in [-0.4, -0.2) is 23.2 Å². The highest BCUT2D eigenvalue weighted by atomic mass is 19.4. The van der Waals surface area contributed by atoms with Gasteiger partial charge in [-0.15, -0.1) is 0 Å². The number of carbonyl (C=O) groups is 1. The highest BCUT2D eigenvalue weighted by Crippen LogP contribution is 2.30. The van der Waals surface area contributed by atoms with Gasteiger partial charge in [-0.3, -0.25) is 0 Å². The molecule has 0 fully saturated rings. The Morgan fingerprint density at radius 1 is 1.26 bits per heavy atom. The minimum absolute atomic E-state index is 0.00845. The number of nitrogens with zero attached hydrogens (tertiary/aromatic N) is 2. The average molecular weight is 272 g/mol. The van der Waals surface area contributed by atoms with Crippen molar-refractivity contribution in [3.05, 3.63) is 35.7 Å². The average Bonchev–Trinajstić information content (AvgIpc) is 2.86. The normalized spacial score (nSPS) is 11.4. The number of methoxy groups -OCH3 is 1. The Morgan fingerprint density at radius 2 is 1.89 bits per heavy atom. The van der Waals surface area contributed by atoms with Crippen LogP contribution >= 0.6 is 0 Å². The fraction of sp³-hybridized carbons (Fsp3) is 0.182. The Hall–Kier alpha value is -2.38. The molecule has 1 aromatic carbocycles. The zero-order valence-electron chi connectivity index (χ0n) is 9.56. The van der Waals surface area contributed by atoms with Gasteiger partial charge in [0.05, 0.1) is 12.7 Å². The van der Waals surface area contributed by atoms with Crippen LogP contribution < -0.4 is 0 Å². The van der Waals surface area contributed by atoms with Crippen molar-refractivity contribution in [2.45, 2.75) is 6.18 Å². The van der Waals surface area contributed by atoms with Crippen molar-refractivity contribution in [1.82, 2.24) is 10.1 Å². The van der Waals surface area contributed by atoms with E-state index in [-0.39, 0.29) is 11.7 Å². The number of hydrogen-bond acceptors (Lipinski definition) is 5. The first-order valence-electron chi connectivity index (χ1n) is 5.01. The molecule has 2 rings (SSSR count). The molecule has 1 heterocycles. The molecule has 0 aliphatic rings. The Kier molecular flexibility index (Phi) is 3.24. The van der Waals surface area contributed by atoms with Crippen LogP contribution in [0.2, 0.25) is 0 Å². The SMILES string of the molecule is COC(=O)c1nc(-c2ccc(C(F)(F)F)cc2)no1. The van der Waals surface area contributed by atoms with Gasteiger partial charge < -0.3 is 9.26 Å². The lowest BCUT2D eigenvalue weighted by molar-refractivity contribution is -0.137. The molecule has 0 spiro atoms. The van der Waals surface area contributed by atoms with E-state index in [9.17, 15) is 18.0 Å². The summed E-state index contributed by atoms with van der Waals surface area (Å²) in [6.07, 6.45) is -4.41. The largest absolute Gasteiger partial charge is 0.462 e. The number of hydrogen-bond donors (Lipinski definition) is 0. The summed E-state index contributed by atoms with van der Waals surface area (Å²) >= 11 is 0. The van der Waals surface area contributed by atoms with E-state index < -0.39 is 17.7 Å². The van der Waals surface area contributed by atoms with Gasteiger partial charge in [-0.2, -0.15) is 18.2 Å². The van der Waals surface area contributed by atoms with Crippen LogP contribution in [-0.2, 0) is 10.9 Å². The van der Waals surface area contributed by atoms with Gasteiger partial charge in [-0.1, -0.05) is 17.3 Å². The van der Waals surface area contributed by atoms with Gasteiger partial charge in [-0.05, 0) is 12.1 Å². The third-order valence-electron chi connectivity index (χ3n) is 2.26. The summed E-state index contributed by atoms with van der Waals surface area (Å²) in [5.41, 5.74) is -0.486. The van der Waals surface area contributed by atoms with E-state index in [1.165, 1.54) is 12.1 Å². The van der Waals surface area contributed by atoms with E-state index in [2.05, 4.69) is 19.4 Å². The van der Waals surface area contributed by atoms with E-state index >= 15 is 0 Å². The zero-order chi connectivity index (χ0) is 14.0. The molecule has 0 N–H and O–H groups in total. The van der Waals surface area contributed by atoms with Gasteiger partial charge >= 0.3 is 18.0 Å². The van der Waals surface area contributed by atoms with Crippen molar-refractivity contribution < 1.29 is 27.2 Å². The van der Waals surface area contributed by atoms with Crippen LogP contribution in [0, 0.1) is 0 Å². The molecular formula is C11H7F3N2O3. The Labute approximate surface area is 105 Å². The van der Waals surface area contributed by atoms with Crippen LogP contribution in [0.15, 0.2) is 28.8 Å². The van der Waals surface area contributed by atoms with Gasteiger partial charge in [0, 0.05) is 5.56 Å². The van der Waals surface area contributed by atoms with Crippen LogP contribution in [0.5, 0.6) is 0 Å². The molecule has 0 amide bonds. The molecule has 0 atom stereocenters. The number of benzene rings is 1. The molecule has 0 unspecified atom stereocenters. The Morgan fingerprint density at radius 3 is 2.42 bits per heavy atom. The van der Waals surface area contributed by atoms with E-state index in [1.807, 2.05) is 0 Å². The smallest absolute Gasteiger partial charge is 0.416 e. The molecule has 1 aromatic heterocycles. The number of halogens is 3. The molecule has 0 aliphatic carbocycles. The third-order valence-corrected chi connectivity index (χ3v) is 2.26. The molecule has 2 aromatic rings. The first kappa shape index (κ1) is 13.1. The van der Waals surface area contributed by atoms with Gasteiger partial charge in [0.25, 0.3) is 0 Å². The zero-order valence-corrected chi connectivity index (χ0v) is 9.56. The van der Waals surface area contributed by atoms with E-state index in [4.69, 9.17) is 0 Å². The maximum absolute atomic E-state index is 12.4. The van der Waals surface area contributed by atoms with Gasteiger partial charge in [0.1, 0.15) is 0 Å². The number of alkyl halides is 3. The van der Waals surface area contributed by atoms with E-state index in [0.717, 1.165) is 19.2 Å². The predicted molar refractivity (Wildman–Crippen MR) is 56.1 cm³/mol. The predicted octanol–water partition coefficient (Wildman–Crippen LogP) is 2.54. The molecule has 5 nitrogen and oxygen atoms in total. The van der Waals surface area contributed by atoms with Crippen LogP contribution in [0.3, 0.4) is 0 Å². The molecule has 0 saturated heterocycles. The first-order chi connectivity index (χ1) is 8.91. The van der Waals surface area contributed by atoms with Crippen molar-refractivity contribution in [3.63, 3.8) is 0 Å². The van der Waals surface area contributed by atoms with Crippen molar-refractivity contribution in [2.24, 2.45) is 0 Å². The quantitative estimate of drug-likeness (QED) is 0.786. The second-order valence-corrected chi connectivity index (χ2v) is 3.49. The topological polar surface area (TPSA) is 65.2 Å². The van der Waals surface area contributed by atoms with Crippen molar-refractivity contribution in [3.8, 4) is 11.4 Å². The monoisotopic (exact) mass is 272 g/mol. The summed E-state index contributed by atoms with van der Waals surface area (Å²) < 4.78 is 46.1. The van der Waals surface area contributed by atoms with Crippen molar-refractivity contribution in [1.29, 1.82) is 0 Å². The maximum atomic E-state index is 12.4. The molecule has 0 bridgehead atoms. The molecule has 100 valence electrons. The molecule has 8 heteroatoms. The minimum atomic E-state index is -4.41. The number of esters is 1. The standard InChI is InChI=1S/C11H7F3N2O3/c1-18-10(17)9-15-8(16-19-9)6-2-4-7(5-3-6)11(12,13)14/h2-5H,1H3. The molecule has 19 heavy (non-hydrogen) atoms. The molecule has 0 radical (unpaired) electrons. The van der Waals surface area contributed by atoms with Gasteiger partial charge in [0.15, 0.2) is 0 Å². The summed E-state index contributed by atoms with van der Waals surface area (Å²) in [5, 5.41) is 3.48. The lowest BCUT2D eigenvalue weighted by Crippen LogP contribution is -2.04. The van der Waals surface area contributed by atoms with Crippen LogP contribution in [0.1, 0.15) is 16.2 Å². The summed E-state index contributed by atoms with van der Waals surface area (Å²) in [5.74, 6) is -1.17. The highest BCUT2D eigenvalue weighted by Gasteiger charge is 2.30. The molecular weight excluding hydrogens is 265 g/mol. The Balaban J connectivity index is 2.28. The highest BCUT2D eigenvalue weighted by molar-refractivity contribution is 5.84. The molecule has 0 aliphatic heterocycles. The van der Waals surface area contributed by atoms with Gasteiger partial charge in [-0.25, -0.2) is 4.79 Å². The van der Waals surface area contributed by atoms with Crippen LogP contribution in [0.4, 0.5) is 13.2 Å². The fourth-order valence-electron chi connectivity index (χ4n) is 1.32. The van der Waals surface area contributed by atoms with Crippen molar-refractivity contribution >= 4 is 5.97 Å². The lowest BCUT2D eigenvalue weighted by atomic mass is 10.1. The summed E-state index contributed by atoms with van der Waals surface area (Å²) in [7, 11) is 1.14. The number of ether oxygens (including phenoxy) is 1. The minimum Gasteiger partial charge on any atom is -0.462 e. The molecule has 0 saturated carbocycles.